The van der Waals surface area contributed by atoms with E-state index in [1.54, 1.807) is 19.5 Å². The highest BCUT2D eigenvalue weighted by Gasteiger charge is 2.25. The van der Waals surface area contributed by atoms with Gasteiger partial charge >= 0.3 is 0 Å². The molecular weight excluding hydrogens is 314 g/mol. The van der Waals surface area contributed by atoms with Crippen LogP contribution < -0.4 is 4.74 Å². The number of piperidine rings is 1. The lowest BCUT2D eigenvalue weighted by atomic mass is 9.93. The first-order valence-corrected chi connectivity index (χ1v) is 8.73. The number of nitrogens with zero attached hydrogens (tertiary/aromatic N) is 5. The average molecular weight is 337 g/mol. The second-order valence-electron chi connectivity index (χ2n) is 6.64. The number of hydrogen-bond donors (Lipinski definition) is 0. The van der Waals surface area contributed by atoms with Crippen molar-refractivity contribution >= 4 is 11.2 Å². The third kappa shape index (κ3) is 3.22. The van der Waals surface area contributed by atoms with Crippen LogP contribution in [0.15, 0.2) is 36.7 Å². The molecule has 0 atom stereocenters. The van der Waals surface area contributed by atoms with Crippen LogP contribution in [0.5, 0.6) is 5.75 Å². The van der Waals surface area contributed by atoms with Crippen LogP contribution in [0, 0.1) is 0 Å². The van der Waals surface area contributed by atoms with Gasteiger partial charge in [0.25, 0.3) is 0 Å². The molecule has 0 saturated carbocycles. The van der Waals surface area contributed by atoms with Gasteiger partial charge in [0, 0.05) is 31.9 Å². The van der Waals surface area contributed by atoms with Crippen molar-refractivity contribution < 1.29 is 4.74 Å². The standard InChI is InChI=1S/C19H23N5O/c1-23-19-18(20-9-10-21-19)17(22-23)15-7-11-24(12-8-15)13-14-3-5-16(25-2)6-4-14/h3-6,9-10,15H,7-8,11-13H2,1-2H3. The molecule has 6 heteroatoms. The Morgan fingerprint density at radius 3 is 2.52 bits per heavy atom. The van der Waals surface area contributed by atoms with Gasteiger partial charge in [0.05, 0.1) is 12.8 Å². The average Bonchev–Trinajstić information content (AvgIpc) is 3.00. The zero-order chi connectivity index (χ0) is 17.2. The molecule has 130 valence electrons. The molecule has 0 radical (unpaired) electrons. The Morgan fingerprint density at radius 2 is 1.80 bits per heavy atom. The monoisotopic (exact) mass is 337 g/mol. The summed E-state index contributed by atoms with van der Waals surface area (Å²) in [4.78, 5) is 11.4. The summed E-state index contributed by atoms with van der Waals surface area (Å²) in [5.41, 5.74) is 4.26. The largest absolute Gasteiger partial charge is 0.497 e. The predicted octanol–water partition coefficient (Wildman–Crippen LogP) is 2.75. The third-order valence-corrected chi connectivity index (χ3v) is 5.03. The van der Waals surface area contributed by atoms with E-state index in [0.717, 1.165) is 55.1 Å². The fourth-order valence-electron chi connectivity index (χ4n) is 3.63. The van der Waals surface area contributed by atoms with Gasteiger partial charge in [-0.05, 0) is 43.6 Å². The Morgan fingerprint density at radius 1 is 1.08 bits per heavy atom. The lowest BCUT2D eigenvalue weighted by molar-refractivity contribution is 0.203. The van der Waals surface area contributed by atoms with Crippen LogP contribution in [0.25, 0.3) is 11.2 Å². The molecule has 2 aromatic heterocycles. The van der Waals surface area contributed by atoms with Gasteiger partial charge in [0.2, 0.25) is 0 Å². The second-order valence-corrected chi connectivity index (χ2v) is 6.64. The topological polar surface area (TPSA) is 56.1 Å². The third-order valence-electron chi connectivity index (χ3n) is 5.03. The molecule has 25 heavy (non-hydrogen) atoms. The second kappa shape index (κ2) is 6.80. The van der Waals surface area contributed by atoms with E-state index >= 15 is 0 Å². The minimum Gasteiger partial charge on any atom is -0.497 e. The summed E-state index contributed by atoms with van der Waals surface area (Å²) in [6.45, 7) is 3.14. The maximum Gasteiger partial charge on any atom is 0.176 e. The van der Waals surface area contributed by atoms with Gasteiger partial charge in [-0.3, -0.25) is 4.90 Å². The fraction of sp³-hybridized carbons (Fsp3) is 0.421. The number of rotatable bonds is 4. The molecule has 1 saturated heterocycles. The molecule has 3 heterocycles. The zero-order valence-electron chi connectivity index (χ0n) is 14.7. The van der Waals surface area contributed by atoms with Crippen molar-refractivity contribution in [1.82, 2.24) is 24.6 Å². The Bertz CT molecular complexity index is 850. The van der Waals surface area contributed by atoms with Gasteiger partial charge in [-0.15, -0.1) is 0 Å². The van der Waals surface area contributed by atoms with Crippen molar-refractivity contribution in [2.75, 3.05) is 20.2 Å². The van der Waals surface area contributed by atoms with E-state index in [9.17, 15) is 0 Å². The lowest BCUT2D eigenvalue weighted by Crippen LogP contribution is -2.32. The normalized spacial score (nSPS) is 16.4. The SMILES string of the molecule is COc1ccc(CN2CCC(c3nn(C)c4nccnc34)CC2)cc1. The van der Waals surface area contributed by atoms with Crippen LogP contribution in [-0.4, -0.2) is 44.8 Å². The molecule has 0 aliphatic carbocycles. The van der Waals surface area contributed by atoms with Gasteiger partial charge in [-0.1, -0.05) is 12.1 Å². The maximum atomic E-state index is 5.23. The minimum atomic E-state index is 0.465. The Kier molecular flexibility index (Phi) is 4.36. The molecule has 0 unspecified atom stereocenters. The predicted molar refractivity (Wildman–Crippen MR) is 96.6 cm³/mol. The quantitative estimate of drug-likeness (QED) is 0.733. The number of aromatic nitrogens is 4. The molecule has 0 spiro atoms. The fourth-order valence-corrected chi connectivity index (χ4v) is 3.63. The number of hydrogen-bond acceptors (Lipinski definition) is 5. The number of methoxy groups -OCH3 is 1. The Hall–Kier alpha value is -2.47. The van der Waals surface area contributed by atoms with Crippen LogP contribution in [0.1, 0.15) is 30.0 Å². The number of benzene rings is 1. The molecule has 4 rings (SSSR count). The highest BCUT2D eigenvalue weighted by atomic mass is 16.5. The molecule has 1 aliphatic rings. The molecule has 0 bridgehead atoms. The molecule has 3 aromatic rings. The zero-order valence-corrected chi connectivity index (χ0v) is 14.7. The number of ether oxygens (including phenoxy) is 1. The first-order valence-electron chi connectivity index (χ1n) is 8.73. The van der Waals surface area contributed by atoms with Crippen molar-refractivity contribution in [3.05, 3.63) is 47.9 Å². The maximum absolute atomic E-state index is 5.23. The molecule has 1 aliphatic heterocycles. The smallest absolute Gasteiger partial charge is 0.176 e. The van der Waals surface area contributed by atoms with Crippen molar-refractivity contribution in [2.45, 2.75) is 25.3 Å². The first-order chi connectivity index (χ1) is 12.2. The van der Waals surface area contributed by atoms with Crippen molar-refractivity contribution in [2.24, 2.45) is 7.05 Å². The summed E-state index contributed by atoms with van der Waals surface area (Å²) < 4.78 is 7.07. The molecule has 0 amide bonds. The number of likely N-dealkylation sites (tertiary alicyclic amines) is 1. The van der Waals surface area contributed by atoms with Crippen LogP contribution in [-0.2, 0) is 13.6 Å². The van der Waals surface area contributed by atoms with E-state index in [1.807, 2.05) is 23.9 Å². The lowest BCUT2D eigenvalue weighted by Gasteiger charge is -2.31. The highest BCUT2D eigenvalue weighted by molar-refractivity contribution is 5.73. The summed E-state index contributed by atoms with van der Waals surface area (Å²) in [6.07, 6.45) is 5.70. The van der Waals surface area contributed by atoms with Crippen molar-refractivity contribution in [3.63, 3.8) is 0 Å². The van der Waals surface area contributed by atoms with E-state index in [-0.39, 0.29) is 0 Å². The van der Waals surface area contributed by atoms with E-state index in [1.165, 1.54) is 5.56 Å². The van der Waals surface area contributed by atoms with E-state index in [2.05, 4.69) is 27.0 Å². The van der Waals surface area contributed by atoms with Crippen LogP contribution in [0.2, 0.25) is 0 Å². The van der Waals surface area contributed by atoms with E-state index in [4.69, 9.17) is 9.84 Å². The van der Waals surface area contributed by atoms with Gasteiger partial charge in [0.15, 0.2) is 5.65 Å². The van der Waals surface area contributed by atoms with Gasteiger partial charge in [-0.2, -0.15) is 5.10 Å². The van der Waals surface area contributed by atoms with Crippen molar-refractivity contribution in [1.29, 1.82) is 0 Å². The molecule has 1 fully saturated rings. The van der Waals surface area contributed by atoms with Crippen LogP contribution in [0.4, 0.5) is 0 Å². The highest BCUT2D eigenvalue weighted by Crippen LogP contribution is 2.31. The van der Waals surface area contributed by atoms with E-state index < -0.39 is 0 Å². The van der Waals surface area contributed by atoms with Crippen LogP contribution in [0.3, 0.4) is 0 Å². The van der Waals surface area contributed by atoms with Gasteiger partial charge in [0.1, 0.15) is 11.3 Å². The molecule has 6 nitrogen and oxygen atoms in total. The summed E-state index contributed by atoms with van der Waals surface area (Å²) in [5, 5.41) is 4.70. The Balaban J connectivity index is 1.42. The minimum absolute atomic E-state index is 0.465. The summed E-state index contributed by atoms with van der Waals surface area (Å²) in [5.74, 6) is 1.37. The molecule has 1 aromatic carbocycles. The van der Waals surface area contributed by atoms with Crippen molar-refractivity contribution in [3.8, 4) is 5.75 Å². The molecule has 0 N–H and O–H groups in total. The van der Waals surface area contributed by atoms with E-state index in [0.29, 0.717) is 5.92 Å². The number of aryl methyl sites for hydroxylation is 1. The summed E-state index contributed by atoms with van der Waals surface area (Å²) >= 11 is 0. The first kappa shape index (κ1) is 16.0. The molecular formula is C19H23N5O. The van der Waals surface area contributed by atoms with Gasteiger partial charge in [-0.25, -0.2) is 14.6 Å². The summed E-state index contributed by atoms with van der Waals surface area (Å²) in [7, 11) is 3.64. The van der Waals surface area contributed by atoms with Crippen LogP contribution >= 0.6 is 0 Å². The number of fused-ring (bicyclic) bond motifs is 1. The summed E-state index contributed by atoms with van der Waals surface area (Å²) in [6, 6.07) is 8.35. The Labute approximate surface area is 147 Å². The van der Waals surface area contributed by atoms with Gasteiger partial charge < -0.3 is 4.74 Å².